The molecule has 0 fully saturated rings. The fraction of sp³-hybridized carbons (Fsp3) is 0. The molecule has 230 valence electrons. The molecule has 0 N–H and O–H groups in total. The summed E-state index contributed by atoms with van der Waals surface area (Å²) in [5, 5.41) is 6.90. The van der Waals surface area contributed by atoms with Crippen molar-refractivity contribution >= 4 is 71.7 Å². The van der Waals surface area contributed by atoms with E-state index in [9.17, 15) is 0 Å². The largest absolute Gasteiger partial charge is 0.455 e. The van der Waals surface area contributed by atoms with Crippen LogP contribution in [0.4, 0.5) is 17.1 Å². The van der Waals surface area contributed by atoms with Crippen LogP contribution in [0.1, 0.15) is 0 Å². The van der Waals surface area contributed by atoms with E-state index in [1.807, 2.05) is 24.3 Å². The highest BCUT2D eigenvalue weighted by Gasteiger charge is 2.19. The summed E-state index contributed by atoms with van der Waals surface area (Å²) in [5.41, 5.74) is 11.2. The summed E-state index contributed by atoms with van der Waals surface area (Å²) >= 11 is 0. The molecule has 0 unspecified atom stereocenters. The second kappa shape index (κ2) is 11.0. The molecule has 2 aromatic heterocycles. The summed E-state index contributed by atoms with van der Waals surface area (Å²) in [6.45, 7) is 0. The average molecular weight is 628 g/mol. The molecule has 3 nitrogen and oxygen atoms in total. The lowest BCUT2D eigenvalue weighted by molar-refractivity contribution is 0.669. The predicted molar refractivity (Wildman–Crippen MR) is 204 cm³/mol. The Morgan fingerprint density at radius 1 is 0.347 bits per heavy atom. The molecule has 0 saturated carbocycles. The van der Waals surface area contributed by atoms with Gasteiger partial charge in [-0.2, -0.15) is 0 Å². The molecule has 0 aliphatic heterocycles. The van der Waals surface area contributed by atoms with Crippen molar-refractivity contribution in [2.75, 3.05) is 4.90 Å². The zero-order chi connectivity index (χ0) is 32.3. The minimum Gasteiger partial charge on any atom is -0.455 e. The van der Waals surface area contributed by atoms with Gasteiger partial charge in [0.05, 0.1) is 5.69 Å². The lowest BCUT2D eigenvalue weighted by atomic mass is 10.00. The molecule has 49 heavy (non-hydrogen) atoms. The monoisotopic (exact) mass is 627 g/mol. The van der Waals surface area contributed by atoms with Gasteiger partial charge in [0.25, 0.3) is 0 Å². The van der Waals surface area contributed by atoms with E-state index in [2.05, 4.69) is 157 Å². The number of hydrogen-bond acceptors (Lipinski definition) is 3. The Hall–Kier alpha value is -6.58. The van der Waals surface area contributed by atoms with E-state index < -0.39 is 0 Å². The summed E-state index contributed by atoms with van der Waals surface area (Å²) in [5.74, 6) is 0. The number of fused-ring (bicyclic) bond motifs is 7. The minimum absolute atomic E-state index is 0.900. The number of furan rings is 2. The first-order chi connectivity index (χ1) is 24.3. The Balaban J connectivity index is 1.13. The zero-order valence-electron chi connectivity index (χ0n) is 26.5. The molecule has 8 aromatic carbocycles. The van der Waals surface area contributed by atoms with Crippen LogP contribution >= 0.6 is 0 Å². The zero-order valence-corrected chi connectivity index (χ0v) is 26.5. The van der Waals surface area contributed by atoms with Gasteiger partial charge >= 0.3 is 0 Å². The first-order valence-corrected chi connectivity index (χ1v) is 16.6. The number of nitrogens with zero attached hydrogens (tertiary/aromatic N) is 1. The Morgan fingerprint density at radius 2 is 0.878 bits per heavy atom. The average Bonchev–Trinajstić information content (AvgIpc) is 3.74. The second-order valence-electron chi connectivity index (χ2n) is 12.5. The van der Waals surface area contributed by atoms with Gasteiger partial charge in [-0.1, -0.05) is 133 Å². The van der Waals surface area contributed by atoms with Gasteiger partial charge < -0.3 is 13.7 Å². The third kappa shape index (κ3) is 4.44. The van der Waals surface area contributed by atoms with Gasteiger partial charge in [0.1, 0.15) is 22.3 Å². The van der Waals surface area contributed by atoms with Crippen LogP contribution in [0.15, 0.2) is 185 Å². The quantitative estimate of drug-likeness (QED) is 0.190. The van der Waals surface area contributed by atoms with E-state index in [1.165, 1.54) is 10.8 Å². The Bertz CT molecular complexity index is 2830. The Morgan fingerprint density at radius 3 is 1.57 bits per heavy atom. The van der Waals surface area contributed by atoms with Crippen molar-refractivity contribution in [1.82, 2.24) is 0 Å². The lowest BCUT2D eigenvalue weighted by Crippen LogP contribution is -2.10. The van der Waals surface area contributed by atoms with Crippen LogP contribution in [0.3, 0.4) is 0 Å². The van der Waals surface area contributed by atoms with Gasteiger partial charge in [-0.15, -0.1) is 0 Å². The molecule has 3 heteroatoms. The first-order valence-electron chi connectivity index (χ1n) is 16.6. The van der Waals surface area contributed by atoms with Crippen LogP contribution in [0.2, 0.25) is 0 Å². The normalized spacial score (nSPS) is 11.7. The SMILES string of the molecule is c1cc(-c2cccc3c2oc2ccccc23)cc(N(c2ccc(-c3cccc4c3oc3ccccc34)cc2)c2cccc3ccccc23)c1. The lowest BCUT2D eigenvalue weighted by Gasteiger charge is -2.27. The third-order valence-corrected chi connectivity index (χ3v) is 9.67. The molecule has 0 atom stereocenters. The number of anilines is 3. The topological polar surface area (TPSA) is 29.5 Å². The van der Waals surface area contributed by atoms with Gasteiger partial charge in [-0.3, -0.25) is 0 Å². The maximum atomic E-state index is 6.45. The van der Waals surface area contributed by atoms with Crippen molar-refractivity contribution in [3.05, 3.63) is 176 Å². The van der Waals surface area contributed by atoms with E-state index in [0.717, 1.165) is 83.2 Å². The van der Waals surface area contributed by atoms with Crippen LogP contribution in [0, 0.1) is 0 Å². The molecule has 0 spiro atoms. The smallest absolute Gasteiger partial charge is 0.143 e. The molecule has 0 amide bonds. The highest BCUT2D eigenvalue weighted by molar-refractivity contribution is 6.11. The molecule has 10 rings (SSSR count). The molecular formula is C46H29NO2. The first kappa shape index (κ1) is 27.5. The van der Waals surface area contributed by atoms with Gasteiger partial charge in [-0.25, -0.2) is 0 Å². The van der Waals surface area contributed by atoms with Crippen LogP contribution < -0.4 is 4.90 Å². The maximum Gasteiger partial charge on any atom is 0.143 e. The van der Waals surface area contributed by atoms with Gasteiger partial charge in [-0.05, 0) is 59.0 Å². The summed E-state index contributed by atoms with van der Waals surface area (Å²) in [4.78, 5) is 2.36. The summed E-state index contributed by atoms with van der Waals surface area (Å²) < 4.78 is 12.8. The minimum atomic E-state index is 0.900. The fourth-order valence-corrected chi connectivity index (χ4v) is 7.38. The molecule has 0 radical (unpaired) electrons. The highest BCUT2D eigenvalue weighted by atomic mass is 16.3. The van der Waals surface area contributed by atoms with Crippen molar-refractivity contribution in [2.24, 2.45) is 0 Å². The van der Waals surface area contributed by atoms with Crippen molar-refractivity contribution in [3.63, 3.8) is 0 Å². The second-order valence-corrected chi connectivity index (χ2v) is 12.5. The van der Waals surface area contributed by atoms with E-state index in [4.69, 9.17) is 8.83 Å². The fourth-order valence-electron chi connectivity index (χ4n) is 7.38. The molecule has 0 aliphatic carbocycles. The van der Waals surface area contributed by atoms with E-state index in [-0.39, 0.29) is 0 Å². The molecule has 10 aromatic rings. The van der Waals surface area contributed by atoms with Crippen LogP contribution in [-0.4, -0.2) is 0 Å². The molecule has 2 heterocycles. The molecule has 0 saturated heterocycles. The number of hydrogen-bond donors (Lipinski definition) is 0. The van der Waals surface area contributed by atoms with Crippen molar-refractivity contribution in [1.29, 1.82) is 0 Å². The number of rotatable bonds is 5. The third-order valence-electron chi connectivity index (χ3n) is 9.67. The molecule has 0 bridgehead atoms. The van der Waals surface area contributed by atoms with Gasteiger partial charge in [0.15, 0.2) is 0 Å². The summed E-state index contributed by atoms with van der Waals surface area (Å²) in [6.07, 6.45) is 0. The summed E-state index contributed by atoms with van der Waals surface area (Å²) in [6, 6.07) is 62.0. The van der Waals surface area contributed by atoms with Crippen LogP contribution in [0.25, 0.3) is 76.9 Å². The van der Waals surface area contributed by atoms with E-state index in [1.54, 1.807) is 0 Å². The van der Waals surface area contributed by atoms with Crippen molar-refractivity contribution in [3.8, 4) is 22.3 Å². The van der Waals surface area contributed by atoms with Crippen molar-refractivity contribution in [2.45, 2.75) is 0 Å². The number of para-hydroxylation sites is 4. The van der Waals surface area contributed by atoms with Crippen LogP contribution in [0.5, 0.6) is 0 Å². The summed E-state index contributed by atoms with van der Waals surface area (Å²) in [7, 11) is 0. The van der Waals surface area contributed by atoms with Gasteiger partial charge in [0.2, 0.25) is 0 Å². The Labute approximate surface area is 282 Å². The predicted octanol–water partition coefficient (Wildman–Crippen LogP) is 13.4. The Kier molecular flexibility index (Phi) is 6.18. The number of benzene rings is 8. The van der Waals surface area contributed by atoms with Crippen molar-refractivity contribution < 1.29 is 8.83 Å². The molecular weight excluding hydrogens is 599 g/mol. The molecule has 0 aliphatic rings. The van der Waals surface area contributed by atoms with E-state index >= 15 is 0 Å². The van der Waals surface area contributed by atoms with Crippen LogP contribution in [-0.2, 0) is 0 Å². The van der Waals surface area contributed by atoms with Gasteiger partial charge in [0, 0.05) is 49.4 Å². The maximum absolute atomic E-state index is 6.45. The highest BCUT2D eigenvalue weighted by Crippen LogP contribution is 2.43. The van der Waals surface area contributed by atoms with E-state index in [0.29, 0.717) is 0 Å². The standard InChI is InChI=1S/C46H29NO2/c1-2-15-35-30(11-1)12-8-22-42(35)47(33-27-25-31(26-28-33)36-18-9-20-40-38-16-3-5-23-43(38)48-45(36)40)34-14-7-13-32(29-34)37-19-10-21-41-39-17-4-6-24-44(39)49-46(37)41/h1-29H.